The second-order valence-electron chi connectivity index (χ2n) is 5.99. The Bertz CT molecular complexity index is 340. The first kappa shape index (κ1) is 15.8. The number of amidine groups is 1. The lowest BCUT2D eigenvalue weighted by Gasteiger charge is -2.30. The highest BCUT2D eigenvalue weighted by Gasteiger charge is 2.36. The summed E-state index contributed by atoms with van der Waals surface area (Å²) in [4.78, 5) is 14.4. The predicted octanol–water partition coefficient (Wildman–Crippen LogP) is 2.19. The van der Waals surface area contributed by atoms with Crippen LogP contribution in [0.2, 0.25) is 0 Å². The van der Waals surface area contributed by atoms with Crippen molar-refractivity contribution < 1.29 is 10.0 Å². The molecule has 1 rings (SSSR count). The van der Waals surface area contributed by atoms with E-state index in [0.717, 1.165) is 31.8 Å². The molecule has 1 amide bonds. The molecule has 0 bridgehead atoms. The third-order valence-corrected chi connectivity index (χ3v) is 4.11. The number of nitrogens with zero attached hydrogens (tertiary/aromatic N) is 2. The molecule has 110 valence electrons. The van der Waals surface area contributed by atoms with E-state index in [0.29, 0.717) is 0 Å². The zero-order valence-electron chi connectivity index (χ0n) is 12.4. The number of carbonyl (C=O) groups is 1. The second kappa shape index (κ2) is 6.78. The topological polar surface area (TPSA) is 78.9 Å². The highest BCUT2D eigenvalue weighted by Crippen LogP contribution is 2.25. The van der Waals surface area contributed by atoms with Crippen LogP contribution in [-0.2, 0) is 4.79 Å². The van der Waals surface area contributed by atoms with E-state index in [9.17, 15) is 4.79 Å². The van der Waals surface area contributed by atoms with Gasteiger partial charge in [0.25, 0.3) is 0 Å². The molecule has 0 saturated carbocycles. The molecule has 0 aromatic heterocycles. The Balaban J connectivity index is 2.68. The number of amides is 1. The molecule has 5 nitrogen and oxygen atoms in total. The Labute approximate surface area is 115 Å². The van der Waals surface area contributed by atoms with Crippen LogP contribution in [0.3, 0.4) is 0 Å². The number of hydrogen-bond acceptors (Lipinski definition) is 3. The molecular weight excluding hydrogens is 242 g/mol. The number of oxime groups is 1. The minimum atomic E-state index is -0.931. The molecular formula is C14H27N3O2. The largest absolute Gasteiger partial charge is 0.409 e. The van der Waals surface area contributed by atoms with Crippen molar-refractivity contribution in [1.82, 2.24) is 4.90 Å². The van der Waals surface area contributed by atoms with E-state index in [1.54, 1.807) is 13.8 Å². The molecule has 1 fully saturated rings. The molecule has 0 aliphatic carbocycles. The quantitative estimate of drug-likeness (QED) is 0.355. The van der Waals surface area contributed by atoms with Crippen molar-refractivity contribution in [3.63, 3.8) is 0 Å². The molecule has 0 aromatic carbocycles. The fourth-order valence-electron chi connectivity index (χ4n) is 2.70. The Morgan fingerprint density at radius 2 is 2.11 bits per heavy atom. The lowest BCUT2D eigenvalue weighted by atomic mass is 9.90. The summed E-state index contributed by atoms with van der Waals surface area (Å²) in [5, 5.41) is 11.8. The first-order valence-electron chi connectivity index (χ1n) is 7.20. The summed E-state index contributed by atoms with van der Waals surface area (Å²) in [6, 6.07) is 0. The molecule has 0 radical (unpaired) electrons. The van der Waals surface area contributed by atoms with Crippen LogP contribution in [0.5, 0.6) is 0 Å². The summed E-state index contributed by atoms with van der Waals surface area (Å²) >= 11 is 0. The Hall–Kier alpha value is -1.26. The van der Waals surface area contributed by atoms with Crippen molar-refractivity contribution in [3.8, 4) is 0 Å². The van der Waals surface area contributed by atoms with Gasteiger partial charge in [0.2, 0.25) is 5.91 Å². The van der Waals surface area contributed by atoms with E-state index in [-0.39, 0.29) is 11.7 Å². The smallest absolute Gasteiger partial charge is 0.235 e. The molecule has 1 aliphatic rings. The van der Waals surface area contributed by atoms with Crippen LogP contribution < -0.4 is 5.73 Å². The highest BCUT2D eigenvalue weighted by molar-refractivity contribution is 6.05. The maximum Gasteiger partial charge on any atom is 0.235 e. The van der Waals surface area contributed by atoms with Gasteiger partial charge in [0, 0.05) is 13.1 Å². The lowest BCUT2D eigenvalue weighted by molar-refractivity contribution is -0.137. The van der Waals surface area contributed by atoms with Crippen molar-refractivity contribution in [1.29, 1.82) is 0 Å². The average Bonchev–Trinajstić information content (AvgIpc) is 2.62. The number of rotatable bonds is 4. The Kier molecular flexibility index (Phi) is 5.63. The third-order valence-electron chi connectivity index (χ3n) is 4.11. The summed E-state index contributed by atoms with van der Waals surface area (Å²) in [6.07, 6.45) is 5.75. The molecule has 19 heavy (non-hydrogen) atoms. The van der Waals surface area contributed by atoms with Crippen molar-refractivity contribution in [2.75, 3.05) is 13.1 Å². The van der Waals surface area contributed by atoms with E-state index in [1.807, 2.05) is 4.90 Å². The van der Waals surface area contributed by atoms with Gasteiger partial charge in [-0.05, 0) is 39.0 Å². The Morgan fingerprint density at radius 1 is 1.42 bits per heavy atom. The SMILES string of the molecule is CCCC1CCCN(C(=O)C(C)(C)C(N)=NO)CC1. The van der Waals surface area contributed by atoms with Gasteiger partial charge >= 0.3 is 0 Å². The summed E-state index contributed by atoms with van der Waals surface area (Å²) in [6.45, 7) is 7.18. The fourth-order valence-corrected chi connectivity index (χ4v) is 2.70. The van der Waals surface area contributed by atoms with Crippen molar-refractivity contribution in [2.24, 2.45) is 22.2 Å². The van der Waals surface area contributed by atoms with Crippen LogP contribution in [0.15, 0.2) is 5.16 Å². The second-order valence-corrected chi connectivity index (χ2v) is 5.99. The van der Waals surface area contributed by atoms with E-state index in [1.165, 1.54) is 19.3 Å². The highest BCUT2D eigenvalue weighted by atomic mass is 16.4. The van der Waals surface area contributed by atoms with Crippen LogP contribution in [0.1, 0.15) is 52.9 Å². The molecule has 1 unspecified atom stereocenters. The van der Waals surface area contributed by atoms with Gasteiger partial charge in [-0.3, -0.25) is 4.79 Å². The zero-order valence-corrected chi connectivity index (χ0v) is 12.4. The number of likely N-dealkylation sites (tertiary alicyclic amines) is 1. The first-order chi connectivity index (χ1) is 8.93. The molecule has 1 atom stereocenters. The maximum absolute atomic E-state index is 12.5. The lowest BCUT2D eigenvalue weighted by Crippen LogP contribution is -2.48. The minimum absolute atomic E-state index is 0.0214. The van der Waals surface area contributed by atoms with Crippen molar-refractivity contribution in [3.05, 3.63) is 0 Å². The van der Waals surface area contributed by atoms with Crippen LogP contribution in [0.25, 0.3) is 0 Å². The van der Waals surface area contributed by atoms with Gasteiger partial charge in [-0.25, -0.2) is 0 Å². The van der Waals surface area contributed by atoms with E-state index >= 15 is 0 Å². The average molecular weight is 269 g/mol. The monoisotopic (exact) mass is 269 g/mol. The molecule has 1 aliphatic heterocycles. The van der Waals surface area contributed by atoms with Gasteiger partial charge in [0.1, 0.15) is 5.41 Å². The first-order valence-corrected chi connectivity index (χ1v) is 7.20. The van der Waals surface area contributed by atoms with Gasteiger partial charge in [0.05, 0.1) is 0 Å². The van der Waals surface area contributed by atoms with E-state index in [2.05, 4.69) is 12.1 Å². The van der Waals surface area contributed by atoms with Crippen LogP contribution >= 0.6 is 0 Å². The Morgan fingerprint density at radius 3 is 2.68 bits per heavy atom. The number of nitrogens with two attached hydrogens (primary N) is 1. The van der Waals surface area contributed by atoms with E-state index < -0.39 is 5.41 Å². The van der Waals surface area contributed by atoms with E-state index in [4.69, 9.17) is 10.9 Å². The normalized spacial score (nSPS) is 22.2. The molecule has 3 N–H and O–H groups in total. The third kappa shape index (κ3) is 3.85. The van der Waals surface area contributed by atoms with Gasteiger partial charge < -0.3 is 15.8 Å². The van der Waals surface area contributed by atoms with Gasteiger partial charge in [-0.2, -0.15) is 0 Å². The summed E-state index contributed by atoms with van der Waals surface area (Å²) in [7, 11) is 0. The van der Waals surface area contributed by atoms with Gasteiger partial charge in [-0.1, -0.05) is 24.9 Å². The molecule has 1 saturated heterocycles. The van der Waals surface area contributed by atoms with Crippen molar-refractivity contribution in [2.45, 2.75) is 52.9 Å². The fraction of sp³-hybridized carbons (Fsp3) is 0.857. The standard InChI is InChI=1S/C14H27N3O2/c1-4-6-11-7-5-9-17(10-8-11)13(18)14(2,3)12(15)16-19/h11,19H,4-10H2,1-3H3,(H2,15,16). The number of hydrogen-bond donors (Lipinski definition) is 2. The maximum atomic E-state index is 12.5. The summed E-state index contributed by atoms with van der Waals surface area (Å²) < 4.78 is 0. The van der Waals surface area contributed by atoms with Crippen LogP contribution in [0, 0.1) is 11.3 Å². The van der Waals surface area contributed by atoms with Crippen LogP contribution in [-0.4, -0.2) is 34.9 Å². The summed E-state index contributed by atoms with van der Waals surface area (Å²) in [5.74, 6) is 0.668. The van der Waals surface area contributed by atoms with Crippen LogP contribution in [0.4, 0.5) is 0 Å². The summed E-state index contributed by atoms with van der Waals surface area (Å²) in [5.41, 5.74) is 4.69. The molecule has 5 heteroatoms. The number of carbonyl (C=O) groups excluding carboxylic acids is 1. The van der Waals surface area contributed by atoms with Gasteiger partial charge in [-0.15, -0.1) is 0 Å². The minimum Gasteiger partial charge on any atom is -0.409 e. The molecule has 0 aromatic rings. The van der Waals surface area contributed by atoms with Gasteiger partial charge in [0.15, 0.2) is 5.84 Å². The molecule has 0 spiro atoms. The molecule has 1 heterocycles. The zero-order chi connectivity index (χ0) is 14.5. The predicted molar refractivity (Wildman–Crippen MR) is 76.0 cm³/mol. The van der Waals surface area contributed by atoms with Crippen molar-refractivity contribution >= 4 is 11.7 Å².